The van der Waals surface area contributed by atoms with Crippen molar-refractivity contribution in [2.24, 2.45) is 0 Å². The van der Waals surface area contributed by atoms with E-state index in [0.29, 0.717) is 11.5 Å². The Morgan fingerprint density at radius 1 is 1.10 bits per heavy atom. The van der Waals surface area contributed by atoms with Crippen molar-refractivity contribution in [2.75, 3.05) is 44.7 Å². The summed E-state index contributed by atoms with van der Waals surface area (Å²) < 4.78 is 12.0. The Balaban J connectivity index is 1.17. The third-order valence-corrected chi connectivity index (χ3v) is 8.81. The molecule has 2 N–H and O–H groups in total. The minimum atomic E-state index is -1.03. The number of aromatic amines is 1. The second-order valence-electron chi connectivity index (χ2n) is 11.4. The predicted molar refractivity (Wildman–Crippen MR) is 166 cm³/mol. The van der Waals surface area contributed by atoms with Crippen LogP contribution in [0.25, 0.3) is 16.6 Å². The first-order chi connectivity index (χ1) is 20.3. The minimum absolute atomic E-state index is 0.117. The van der Waals surface area contributed by atoms with Gasteiger partial charge in [0.1, 0.15) is 22.7 Å². The number of ether oxygens (including phenoxy) is 2. The van der Waals surface area contributed by atoms with Crippen molar-refractivity contribution in [1.82, 2.24) is 14.9 Å². The highest BCUT2D eigenvalue weighted by molar-refractivity contribution is 6.30. The van der Waals surface area contributed by atoms with Crippen LogP contribution in [0, 0.1) is 0 Å². The van der Waals surface area contributed by atoms with Crippen molar-refractivity contribution < 1.29 is 19.4 Å². The van der Waals surface area contributed by atoms with Gasteiger partial charge in [-0.25, -0.2) is 9.78 Å². The number of fused-ring (bicyclic) bond motifs is 1. The SMILES string of the molecule is COC1(C)CCC(c2ccc(Cl)cc2)=C(CN2CCN(c3ccc(C(=O)O)c(Oc4cnc5[nH]ccc5c4)c3)CC2)C1. The summed E-state index contributed by atoms with van der Waals surface area (Å²) in [4.78, 5) is 24.2. The highest BCUT2D eigenvalue weighted by atomic mass is 35.5. The van der Waals surface area contributed by atoms with Gasteiger partial charge in [-0.1, -0.05) is 23.7 Å². The Morgan fingerprint density at radius 2 is 1.88 bits per heavy atom. The van der Waals surface area contributed by atoms with Crippen LogP contribution in [0.1, 0.15) is 42.1 Å². The monoisotopic (exact) mass is 586 g/mol. The van der Waals surface area contributed by atoms with Gasteiger partial charge in [0.05, 0.1) is 11.8 Å². The summed E-state index contributed by atoms with van der Waals surface area (Å²) in [6, 6.07) is 17.2. The molecular weight excluding hydrogens is 552 g/mol. The minimum Gasteiger partial charge on any atom is -0.478 e. The maximum atomic E-state index is 12.0. The third kappa shape index (κ3) is 6.02. The fourth-order valence-corrected chi connectivity index (χ4v) is 6.17. The lowest BCUT2D eigenvalue weighted by atomic mass is 9.79. The number of carboxylic acid groups (broad SMARTS) is 1. The Hall–Kier alpha value is -3.85. The molecule has 2 aromatic carbocycles. The molecular formula is C33H35ClN4O4. The van der Waals surface area contributed by atoms with Crippen molar-refractivity contribution in [1.29, 1.82) is 0 Å². The van der Waals surface area contributed by atoms with Gasteiger partial charge in [0.2, 0.25) is 0 Å². The maximum Gasteiger partial charge on any atom is 0.339 e. The summed E-state index contributed by atoms with van der Waals surface area (Å²) in [6.45, 7) is 6.54. The summed E-state index contributed by atoms with van der Waals surface area (Å²) in [5.41, 5.74) is 5.73. The van der Waals surface area contributed by atoms with E-state index in [2.05, 4.69) is 38.8 Å². The zero-order valence-electron chi connectivity index (χ0n) is 23.9. The summed E-state index contributed by atoms with van der Waals surface area (Å²) in [5.74, 6) is -0.234. The number of rotatable bonds is 8. The van der Waals surface area contributed by atoms with E-state index in [-0.39, 0.29) is 11.2 Å². The van der Waals surface area contributed by atoms with Crippen molar-refractivity contribution in [3.05, 3.63) is 88.7 Å². The number of aromatic nitrogens is 2. The van der Waals surface area contributed by atoms with Gasteiger partial charge in [-0.2, -0.15) is 0 Å². The molecule has 9 heteroatoms. The first-order valence-electron chi connectivity index (χ1n) is 14.3. The molecule has 3 heterocycles. The molecule has 1 unspecified atom stereocenters. The molecule has 218 valence electrons. The number of hydrogen-bond acceptors (Lipinski definition) is 6. The van der Waals surface area contributed by atoms with Crippen molar-refractivity contribution in [3.63, 3.8) is 0 Å². The number of H-pyrrole nitrogens is 1. The largest absolute Gasteiger partial charge is 0.478 e. The van der Waals surface area contributed by atoms with E-state index in [1.165, 1.54) is 16.7 Å². The Kier molecular flexibility index (Phi) is 7.94. The zero-order chi connectivity index (χ0) is 29.3. The van der Waals surface area contributed by atoms with E-state index in [1.807, 2.05) is 49.7 Å². The fourth-order valence-electron chi connectivity index (χ4n) is 6.04. The highest BCUT2D eigenvalue weighted by Crippen LogP contribution is 2.40. The van der Waals surface area contributed by atoms with E-state index < -0.39 is 5.97 Å². The highest BCUT2D eigenvalue weighted by Gasteiger charge is 2.33. The third-order valence-electron chi connectivity index (χ3n) is 8.55. The number of nitrogens with one attached hydrogen (secondary N) is 1. The van der Waals surface area contributed by atoms with Gasteiger partial charge < -0.3 is 24.5 Å². The smallest absolute Gasteiger partial charge is 0.339 e. The van der Waals surface area contributed by atoms with Crippen LogP contribution in [0.15, 0.2) is 72.6 Å². The fraction of sp³-hybridized carbons (Fsp3) is 0.333. The number of methoxy groups -OCH3 is 1. The summed E-state index contributed by atoms with van der Waals surface area (Å²) in [7, 11) is 1.81. The van der Waals surface area contributed by atoms with E-state index in [9.17, 15) is 9.90 Å². The summed E-state index contributed by atoms with van der Waals surface area (Å²) in [5, 5.41) is 11.5. The number of halogens is 1. The molecule has 0 spiro atoms. The number of nitrogens with zero attached hydrogens (tertiary/aromatic N) is 3. The lowest BCUT2D eigenvalue weighted by Crippen LogP contribution is -2.47. The van der Waals surface area contributed by atoms with E-state index in [4.69, 9.17) is 21.1 Å². The molecule has 1 fully saturated rings. The lowest BCUT2D eigenvalue weighted by Gasteiger charge is -2.40. The average Bonchev–Trinajstić information content (AvgIpc) is 3.46. The van der Waals surface area contributed by atoms with Crippen LogP contribution in [-0.2, 0) is 4.74 Å². The van der Waals surface area contributed by atoms with E-state index >= 15 is 0 Å². The number of allylic oxidation sites excluding steroid dienone is 1. The van der Waals surface area contributed by atoms with Gasteiger partial charge in [0.25, 0.3) is 0 Å². The van der Waals surface area contributed by atoms with E-state index in [1.54, 1.807) is 12.3 Å². The van der Waals surface area contributed by atoms with Crippen LogP contribution < -0.4 is 9.64 Å². The van der Waals surface area contributed by atoms with Crippen LogP contribution in [0.2, 0.25) is 5.02 Å². The topological polar surface area (TPSA) is 90.9 Å². The molecule has 4 aromatic rings. The first-order valence-corrected chi connectivity index (χ1v) is 14.7. The Morgan fingerprint density at radius 3 is 2.62 bits per heavy atom. The molecule has 1 saturated heterocycles. The average molecular weight is 587 g/mol. The number of anilines is 1. The number of piperazine rings is 1. The quantitative estimate of drug-likeness (QED) is 0.233. The normalized spacial score (nSPS) is 19.8. The molecule has 42 heavy (non-hydrogen) atoms. The van der Waals surface area contributed by atoms with Crippen molar-refractivity contribution in [3.8, 4) is 11.5 Å². The number of benzene rings is 2. The van der Waals surface area contributed by atoms with Gasteiger partial charge in [-0.15, -0.1) is 0 Å². The van der Waals surface area contributed by atoms with Crippen molar-refractivity contribution in [2.45, 2.75) is 31.8 Å². The molecule has 1 aliphatic heterocycles. The first kappa shape index (κ1) is 28.3. The van der Waals surface area contributed by atoms with Crippen LogP contribution in [-0.4, -0.2) is 71.4 Å². The predicted octanol–water partition coefficient (Wildman–Crippen LogP) is 6.87. The standard InChI is InChI=1S/C33H35ClN4O4/c1-33(41-2)11-9-28(22-3-5-25(34)6-4-22)24(19-33)21-37-13-15-38(16-14-37)26-7-8-29(32(39)40)30(18-26)42-27-17-23-10-12-35-31(23)36-20-27/h3-8,10,12,17-18,20H,9,11,13-16,19,21H2,1-2H3,(H,35,36)(H,39,40). The van der Waals surface area contributed by atoms with Gasteiger partial charge >= 0.3 is 5.97 Å². The van der Waals surface area contributed by atoms with Gasteiger partial charge in [-0.3, -0.25) is 4.90 Å². The second-order valence-corrected chi connectivity index (χ2v) is 11.8. The number of carboxylic acids is 1. The number of carbonyl (C=O) groups is 1. The molecule has 2 aliphatic rings. The molecule has 6 rings (SSSR count). The molecule has 2 aromatic heterocycles. The lowest BCUT2D eigenvalue weighted by molar-refractivity contribution is -0.00391. The maximum absolute atomic E-state index is 12.0. The van der Waals surface area contributed by atoms with Crippen LogP contribution in [0.3, 0.4) is 0 Å². The Bertz CT molecular complexity index is 1620. The van der Waals surface area contributed by atoms with Crippen molar-refractivity contribution >= 4 is 39.9 Å². The molecule has 1 atom stereocenters. The van der Waals surface area contributed by atoms with Crippen LogP contribution >= 0.6 is 11.6 Å². The van der Waals surface area contributed by atoms with Crippen LogP contribution in [0.4, 0.5) is 5.69 Å². The molecule has 0 radical (unpaired) electrons. The molecule has 8 nitrogen and oxygen atoms in total. The van der Waals surface area contributed by atoms with Crippen LogP contribution in [0.5, 0.6) is 11.5 Å². The molecule has 0 bridgehead atoms. The van der Waals surface area contributed by atoms with Gasteiger partial charge in [0, 0.05) is 68.2 Å². The molecule has 0 saturated carbocycles. The number of aromatic carboxylic acids is 1. The zero-order valence-corrected chi connectivity index (χ0v) is 24.7. The van der Waals surface area contributed by atoms with E-state index in [0.717, 1.165) is 73.7 Å². The number of pyridine rings is 1. The Labute approximate surface area is 250 Å². The van der Waals surface area contributed by atoms with Gasteiger partial charge in [-0.05, 0) is 79.3 Å². The molecule has 1 aliphatic carbocycles. The molecule has 0 amide bonds. The second kappa shape index (κ2) is 11.8. The van der Waals surface area contributed by atoms with Gasteiger partial charge in [0.15, 0.2) is 0 Å². The number of hydrogen-bond donors (Lipinski definition) is 2. The summed E-state index contributed by atoms with van der Waals surface area (Å²) in [6.07, 6.45) is 6.28. The summed E-state index contributed by atoms with van der Waals surface area (Å²) >= 11 is 6.18.